The van der Waals surface area contributed by atoms with Crippen molar-refractivity contribution >= 4 is 0 Å². The van der Waals surface area contributed by atoms with Crippen molar-refractivity contribution in [3.63, 3.8) is 0 Å². The maximum Gasteiger partial charge on any atom is 0.165 e. The molecule has 0 unspecified atom stereocenters. The van der Waals surface area contributed by atoms with Crippen molar-refractivity contribution in [2.75, 3.05) is 0 Å². The van der Waals surface area contributed by atoms with Crippen LogP contribution in [0.2, 0.25) is 0 Å². The van der Waals surface area contributed by atoms with E-state index in [1.54, 1.807) is 0 Å². The van der Waals surface area contributed by atoms with Crippen molar-refractivity contribution in [1.82, 2.24) is 0 Å². The van der Waals surface area contributed by atoms with Crippen molar-refractivity contribution in [3.05, 3.63) is 0 Å². The zero-order valence-corrected chi connectivity index (χ0v) is 19.5. The Labute approximate surface area is 183 Å². The fraction of sp³-hybridized carbons (Fsp3) is 1.00. The number of rotatable bonds is 6. The van der Waals surface area contributed by atoms with E-state index in [-0.39, 0.29) is 34.9 Å². The third kappa shape index (κ3) is 3.68. The van der Waals surface area contributed by atoms with Gasteiger partial charge < -0.3 is 20.4 Å². The SMILES string of the molecule is CCCCCCC(O)(O)[C@H]1CC[C@H]2[C@@H]3C[C@H](O)[C@H]4C[C@@H](O)CC[C@]4(C)[C@H]3CC[C@]12C. The minimum Gasteiger partial charge on any atom is -0.393 e. The Morgan fingerprint density at radius 1 is 0.800 bits per heavy atom. The third-order valence-electron chi connectivity index (χ3n) is 10.6. The molecule has 0 amide bonds. The molecule has 0 saturated heterocycles. The lowest BCUT2D eigenvalue weighted by molar-refractivity contribution is -0.241. The van der Waals surface area contributed by atoms with E-state index in [2.05, 4.69) is 20.8 Å². The fourth-order valence-electron chi connectivity index (χ4n) is 9.02. The van der Waals surface area contributed by atoms with Crippen molar-refractivity contribution < 1.29 is 20.4 Å². The molecule has 0 spiro atoms. The van der Waals surface area contributed by atoms with Gasteiger partial charge in [-0.1, -0.05) is 40.0 Å². The summed E-state index contributed by atoms with van der Waals surface area (Å²) in [5.41, 5.74) is 0.0865. The molecule has 30 heavy (non-hydrogen) atoms. The van der Waals surface area contributed by atoms with E-state index in [0.29, 0.717) is 24.2 Å². The van der Waals surface area contributed by atoms with E-state index in [1.165, 1.54) is 0 Å². The second-order valence-electron chi connectivity index (χ2n) is 12.1. The molecule has 4 heteroatoms. The molecule has 4 saturated carbocycles. The summed E-state index contributed by atoms with van der Waals surface area (Å²) < 4.78 is 0. The average Bonchev–Trinajstić information content (AvgIpc) is 3.05. The highest BCUT2D eigenvalue weighted by molar-refractivity contribution is 5.12. The van der Waals surface area contributed by atoms with Gasteiger partial charge in [0.2, 0.25) is 0 Å². The quantitative estimate of drug-likeness (QED) is 0.372. The predicted octanol–water partition coefficient (Wildman–Crippen LogP) is 4.63. The van der Waals surface area contributed by atoms with Gasteiger partial charge in [-0.2, -0.15) is 0 Å². The maximum atomic E-state index is 11.1. The van der Waals surface area contributed by atoms with Gasteiger partial charge in [0, 0.05) is 12.3 Å². The van der Waals surface area contributed by atoms with Gasteiger partial charge in [-0.05, 0) is 92.3 Å². The number of aliphatic hydroxyl groups excluding tert-OH is 2. The highest BCUT2D eigenvalue weighted by atomic mass is 16.5. The Morgan fingerprint density at radius 2 is 1.50 bits per heavy atom. The first-order chi connectivity index (χ1) is 14.1. The van der Waals surface area contributed by atoms with E-state index in [1.807, 2.05) is 0 Å². The van der Waals surface area contributed by atoms with Crippen molar-refractivity contribution in [1.29, 1.82) is 0 Å². The Morgan fingerprint density at radius 3 is 2.23 bits per heavy atom. The van der Waals surface area contributed by atoms with Crippen LogP contribution in [-0.4, -0.2) is 38.4 Å². The van der Waals surface area contributed by atoms with Gasteiger partial charge in [-0.15, -0.1) is 0 Å². The van der Waals surface area contributed by atoms with E-state index < -0.39 is 5.79 Å². The van der Waals surface area contributed by atoms with E-state index >= 15 is 0 Å². The first-order valence-electron chi connectivity index (χ1n) is 12.9. The molecule has 4 aliphatic carbocycles. The monoisotopic (exact) mass is 422 g/mol. The fourth-order valence-corrected chi connectivity index (χ4v) is 9.02. The molecular weight excluding hydrogens is 376 g/mol. The van der Waals surface area contributed by atoms with Gasteiger partial charge in [0.25, 0.3) is 0 Å². The van der Waals surface area contributed by atoms with Crippen LogP contribution in [0.25, 0.3) is 0 Å². The average molecular weight is 423 g/mol. The summed E-state index contributed by atoms with van der Waals surface area (Å²) in [6.07, 6.45) is 11.9. The molecule has 174 valence electrons. The molecule has 9 atom stereocenters. The summed E-state index contributed by atoms with van der Waals surface area (Å²) in [5, 5.41) is 43.6. The molecule has 0 radical (unpaired) electrons. The summed E-state index contributed by atoms with van der Waals surface area (Å²) >= 11 is 0. The Balaban J connectivity index is 1.52. The lowest BCUT2D eigenvalue weighted by atomic mass is 9.44. The van der Waals surface area contributed by atoms with Crippen LogP contribution in [0.4, 0.5) is 0 Å². The molecule has 0 heterocycles. The minimum atomic E-state index is -1.56. The lowest BCUT2D eigenvalue weighted by Crippen LogP contribution is -2.59. The van der Waals surface area contributed by atoms with Crippen molar-refractivity contribution in [2.45, 2.75) is 122 Å². The van der Waals surface area contributed by atoms with Crippen LogP contribution in [0.15, 0.2) is 0 Å². The van der Waals surface area contributed by atoms with Crippen LogP contribution >= 0.6 is 0 Å². The summed E-state index contributed by atoms with van der Waals surface area (Å²) in [7, 11) is 0. The molecule has 4 aliphatic rings. The van der Waals surface area contributed by atoms with Crippen LogP contribution in [-0.2, 0) is 0 Å². The number of hydrogen-bond acceptors (Lipinski definition) is 4. The molecule has 0 aliphatic heterocycles. The topological polar surface area (TPSA) is 80.9 Å². The molecule has 4 nitrogen and oxygen atoms in total. The Kier molecular flexibility index (Phi) is 6.38. The molecule has 4 N–H and O–H groups in total. The molecule has 0 bridgehead atoms. The normalized spacial score (nSPS) is 48.7. The van der Waals surface area contributed by atoms with E-state index in [9.17, 15) is 20.4 Å². The highest BCUT2D eigenvalue weighted by Gasteiger charge is 2.64. The lowest BCUT2D eigenvalue weighted by Gasteiger charge is -2.62. The second kappa shape index (κ2) is 8.32. The first kappa shape index (κ1) is 23.0. The van der Waals surface area contributed by atoms with Crippen molar-refractivity contribution in [2.24, 2.45) is 40.4 Å². The summed E-state index contributed by atoms with van der Waals surface area (Å²) in [6, 6.07) is 0. The highest BCUT2D eigenvalue weighted by Crippen LogP contribution is 2.68. The predicted molar refractivity (Wildman–Crippen MR) is 119 cm³/mol. The minimum absolute atomic E-state index is 0.0352. The Hall–Kier alpha value is -0.160. The van der Waals surface area contributed by atoms with Gasteiger partial charge in [0.15, 0.2) is 5.79 Å². The molecule has 4 fully saturated rings. The zero-order valence-electron chi connectivity index (χ0n) is 19.5. The summed E-state index contributed by atoms with van der Waals surface area (Å²) in [4.78, 5) is 0. The summed E-state index contributed by atoms with van der Waals surface area (Å²) in [6.45, 7) is 6.89. The van der Waals surface area contributed by atoms with E-state index in [4.69, 9.17) is 0 Å². The smallest absolute Gasteiger partial charge is 0.165 e. The maximum absolute atomic E-state index is 11.1. The Bertz CT molecular complexity index is 606. The molecular formula is C26H46O4. The number of aliphatic hydroxyl groups is 4. The molecule has 0 aromatic heterocycles. The van der Waals surface area contributed by atoms with Crippen molar-refractivity contribution in [3.8, 4) is 0 Å². The molecule has 0 aromatic carbocycles. The van der Waals surface area contributed by atoms with Gasteiger partial charge in [-0.3, -0.25) is 0 Å². The van der Waals surface area contributed by atoms with E-state index in [0.717, 1.165) is 77.0 Å². The third-order valence-corrected chi connectivity index (χ3v) is 10.6. The standard InChI is InChI=1S/C26H46O4/c1-4-5-6-7-12-26(29,30)23-9-8-19-18-16-22(28)21-15-17(27)10-13-24(21,2)20(18)11-14-25(19,23)3/h17-23,27-30H,4-16H2,1-3H3/t17-,18-,19-,20-,21+,22-,23-,24+,25-/m0/s1. The van der Waals surface area contributed by atoms with Gasteiger partial charge in [-0.25, -0.2) is 0 Å². The van der Waals surface area contributed by atoms with Crippen LogP contribution in [0.3, 0.4) is 0 Å². The zero-order chi connectivity index (χ0) is 21.7. The largest absolute Gasteiger partial charge is 0.393 e. The van der Waals surface area contributed by atoms with Gasteiger partial charge >= 0.3 is 0 Å². The number of unbranched alkanes of at least 4 members (excludes halogenated alkanes) is 3. The molecule has 0 aromatic rings. The summed E-state index contributed by atoms with van der Waals surface area (Å²) in [5.74, 6) is 0.182. The number of hydrogen-bond donors (Lipinski definition) is 4. The van der Waals surface area contributed by atoms with Crippen LogP contribution < -0.4 is 0 Å². The van der Waals surface area contributed by atoms with Gasteiger partial charge in [0.1, 0.15) is 0 Å². The van der Waals surface area contributed by atoms with Gasteiger partial charge in [0.05, 0.1) is 12.2 Å². The van der Waals surface area contributed by atoms with Crippen LogP contribution in [0.1, 0.15) is 104 Å². The van der Waals surface area contributed by atoms with Crippen LogP contribution in [0.5, 0.6) is 0 Å². The number of fused-ring (bicyclic) bond motifs is 5. The molecule has 4 rings (SSSR count). The van der Waals surface area contributed by atoms with Crippen LogP contribution in [0, 0.1) is 40.4 Å². The first-order valence-corrected chi connectivity index (χ1v) is 12.9. The second-order valence-corrected chi connectivity index (χ2v) is 12.1.